The van der Waals surface area contributed by atoms with E-state index in [9.17, 15) is 25.2 Å². The maximum Gasteiger partial charge on any atom is 0.240 e. The van der Waals surface area contributed by atoms with Crippen LogP contribution in [0.5, 0.6) is 0 Å². The second-order valence-electron chi connectivity index (χ2n) is 6.77. The summed E-state index contributed by atoms with van der Waals surface area (Å²) in [4.78, 5) is 24.9. The Balaban J connectivity index is 1.84. The molecule has 1 fully saturated rings. The number of carbonyl (C=O) groups excluding carboxylic acids is 1. The quantitative estimate of drug-likeness (QED) is 0.127. The van der Waals surface area contributed by atoms with E-state index < -0.39 is 49.2 Å². The van der Waals surface area contributed by atoms with Crippen molar-refractivity contribution in [1.29, 1.82) is 0 Å². The predicted molar refractivity (Wildman–Crippen MR) is 106 cm³/mol. The number of thioether (sulfide) groups is 1. The van der Waals surface area contributed by atoms with E-state index >= 15 is 0 Å². The molecular formula is C16H25N7O6S. The molecule has 0 saturated carbocycles. The normalized spacial score (nSPS) is 26.0. The van der Waals surface area contributed by atoms with Gasteiger partial charge in [0, 0.05) is 0 Å². The fourth-order valence-corrected chi connectivity index (χ4v) is 3.32. The first-order chi connectivity index (χ1) is 14.3. The van der Waals surface area contributed by atoms with Gasteiger partial charge in [0.05, 0.1) is 25.7 Å². The third-order valence-electron chi connectivity index (χ3n) is 4.72. The van der Waals surface area contributed by atoms with Crippen molar-refractivity contribution in [2.75, 3.05) is 24.8 Å². The molecule has 0 unspecified atom stereocenters. The lowest BCUT2D eigenvalue weighted by atomic mass is 10.1. The van der Waals surface area contributed by atoms with Gasteiger partial charge in [-0.25, -0.2) is 15.0 Å². The van der Waals surface area contributed by atoms with Crippen molar-refractivity contribution in [3.8, 4) is 0 Å². The van der Waals surface area contributed by atoms with Gasteiger partial charge in [-0.2, -0.15) is 0 Å². The molecule has 0 aromatic carbocycles. The van der Waals surface area contributed by atoms with Crippen LogP contribution in [0, 0.1) is 0 Å². The van der Waals surface area contributed by atoms with E-state index in [4.69, 9.17) is 10.5 Å². The summed E-state index contributed by atoms with van der Waals surface area (Å²) in [7, 11) is 0. The number of amides is 1. The average Bonchev–Trinajstić information content (AvgIpc) is 3.28. The van der Waals surface area contributed by atoms with Crippen molar-refractivity contribution in [3.63, 3.8) is 0 Å². The highest BCUT2D eigenvalue weighted by atomic mass is 32.2. The molecule has 0 radical (unpaired) electrons. The van der Waals surface area contributed by atoms with Crippen LogP contribution in [0.4, 0.5) is 5.82 Å². The molecule has 30 heavy (non-hydrogen) atoms. The number of imidazole rings is 1. The molecule has 8 N–H and O–H groups in total. The number of aliphatic hydroxyl groups is 4. The molecular weight excluding hydrogens is 418 g/mol. The van der Waals surface area contributed by atoms with E-state index in [0.717, 1.165) is 0 Å². The zero-order valence-corrected chi connectivity index (χ0v) is 17.2. The van der Waals surface area contributed by atoms with Crippen LogP contribution < -0.4 is 16.4 Å². The zero-order chi connectivity index (χ0) is 22.0. The second kappa shape index (κ2) is 9.38. The van der Waals surface area contributed by atoms with Crippen LogP contribution in [0.2, 0.25) is 0 Å². The summed E-state index contributed by atoms with van der Waals surface area (Å²) in [5, 5.41) is 44.9. The van der Waals surface area contributed by atoms with E-state index in [0.29, 0.717) is 22.1 Å². The van der Waals surface area contributed by atoms with E-state index in [-0.39, 0.29) is 6.67 Å². The molecule has 13 nitrogen and oxygen atoms in total. The maximum absolute atomic E-state index is 11.9. The van der Waals surface area contributed by atoms with Gasteiger partial charge in [-0.15, -0.1) is 0 Å². The highest BCUT2D eigenvalue weighted by Gasteiger charge is 2.44. The van der Waals surface area contributed by atoms with Gasteiger partial charge in [0.2, 0.25) is 5.91 Å². The van der Waals surface area contributed by atoms with Gasteiger partial charge in [0.1, 0.15) is 24.4 Å². The summed E-state index contributed by atoms with van der Waals surface area (Å²) in [6.07, 6.45) is -2.31. The monoisotopic (exact) mass is 443 g/mol. The van der Waals surface area contributed by atoms with Crippen LogP contribution in [0.3, 0.4) is 0 Å². The molecule has 2 aromatic rings. The number of aliphatic hydroxyl groups excluding tert-OH is 4. The highest BCUT2D eigenvalue weighted by molar-refractivity contribution is 7.98. The van der Waals surface area contributed by atoms with Crippen molar-refractivity contribution < 1.29 is 30.0 Å². The first-order valence-electron chi connectivity index (χ1n) is 9.14. The third kappa shape index (κ3) is 4.34. The minimum Gasteiger partial charge on any atom is -0.394 e. The third-order valence-corrected chi connectivity index (χ3v) is 5.26. The van der Waals surface area contributed by atoms with E-state index in [1.165, 1.54) is 29.6 Å². The molecule has 166 valence electrons. The predicted octanol–water partition coefficient (Wildman–Crippen LogP) is -2.65. The van der Waals surface area contributed by atoms with Crippen LogP contribution >= 0.6 is 11.8 Å². The fraction of sp³-hybridized carbons (Fsp3) is 0.625. The lowest BCUT2D eigenvalue weighted by Crippen LogP contribution is -2.48. The summed E-state index contributed by atoms with van der Waals surface area (Å²) in [6, 6.07) is -1.06. The van der Waals surface area contributed by atoms with Crippen molar-refractivity contribution in [3.05, 3.63) is 6.33 Å². The van der Waals surface area contributed by atoms with E-state index in [2.05, 4.69) is 25.6 Å². The molecule has 6 atom stereocenters. The van der Waals surface area contributed by atoms with Gasteiger partial charge in [-0.05, 0) is 13.2 Å². The van der Waals surface area contributed by atoms with Crippen LogP contribution in [-0.2, 0) is 9.53 Å². The first kappa shape index (κ1) is 22.6. The summed E-state index contributed by atoms with van der Waals surface area (Å²) in [5.74, 6) is -0.217. The summed E-state index contributed by atoms with van der Waals surface area (Å²) < 4.78 is 7.00. The Bertz CT molecular complexity index is 896. The lowest BCUT2D eigenvalue weighted by Gasteiger charge is -2.17. The topological polar surface area (TPSA) is 201 Å². The molecule has 1 aliphatic heterocycles. The summed E-state index contributed by atoms with van der Waals surface area (Å²) in [5.41, 5.74) is 6.26. The summed E-state index contributed by atoms with van der Waals surface area (Å²) >= 11 is 1.27. The Morgan fingerprint density at radius 1 is 1.40 bits per heavy atom. The Kier molecular flexibility index (Phi) is 7.07. The van der Waals surface area contributed by atoms with Crippen molar-refractivity contribution in [2.24, 2.45) is 5.73 Å². The van der Waals surface area contributed by atoms with E-state index in [1.807, 2.05) is 0 Å². The van der Waals surface area contributed by atoms with Gasteiger partial charge in [0.15, 0.2) is 28.4 Å². The number of carbonyl (C=O) groups is 1. The molecule has 3 rings (SSSR count). The first-order valence-corrected chi connectivity index (χ1v) is 10.4. The smallest absolute Gasteiger partial charge is 0.240 e. The largest absolute Gasteiger partial charge is 0.394 e. The van der Waals surface area contributed by atoms with Crippen molar-refractivity contribution in [1.82, 2.24) is 24.8 Å². The maximum atomic E-state index is 11.9. The van der Waals surface area contributed by atoms with Gasteiger partial charge in [0.25, 0.3) is 0 Å². The minimum atomic E-state index is -1.29. The fourth-order valence-electron chi connectivity index (χ4n) is 2.96. The average molecular weight is 443 g/mol. The number of fused-ring (bicyclic) bond motifs is 1. The standard InChI is InChI=1S/C16H25N7O6S/c1-6(25)8(17)14(28)19-4-18-12-9-13(22-16(21-12)30-2)23(5-20-9)15-11(27)10(26)7(3-24)29-15/h5-8,10-11,15,24-27H,3-4,17H2,1-2H3,(H,19,28)(H,18,21,22)/t6-,7-,8+,10-,11-,15-/m1/s1. The van der Waals surface area contributed by atoms with Gasteiger partial charge >= 0.3 is 0 Å². The molecule has 0 aliphatic carbocycles. The number of hydrogen-bond acceptors (Lipinski definition) is 12. The van der Waals surface area contributed by atoms with Crippen LogP contribution in [0.1, 0.15) is 13.2 Å². The molecule has 2 aromatic heterocycles. The number of rotatable bonds is 8. The summed E-state index contributed by atoms with van der Waals surface area (Å²) in [6.45, 7) is 0.939. The highest BCUT2D eigenvalue weighted by Crippen LogP contribution is 2.32. The molecule has 14 heteroatoms. The minimum absolute atomic E-state index is 0.0279. The number of hydrogen-bond donors (Lipinski definition) is 7. The van der Waals surface area contributed by atoms with Gasteiger partial charge < -0.3 is 41.5 Å². The number of nitrogens with two attached hydrogens (primary N) is 1. The number of nitrogens with one attached hydrogen (secondary N) is 2. The second-order valence-corrected chi connectivity index (χ2v) is 7.55. The SMILES string of the molecule is CSc1nc(NCNC(=O)[C@@H](N)[C@@H](C)O)c2ncn([C@@H]3O[C@H](CO)[C@@H](O)[C@H]3O)c2n1. The van der Waals surface area contributed by atoms with Crippen LogP contribution in [-0.4, -0.2) is 95.8 Å². The Labute approximate surface area is 175 Å². The van der Waals surface area contributed by atoms with Crippen LogP contribution in [0.25, 0.3) is 11.2 Å². The number of anilines is 1. The number of aromatic nitrogens is 4. The molecule has 0 bridgehead atoms. The zero-order valence-electron chi connectivity index (χ0n) is 16.3. The Hall–Kier alpha value is -2.07. The molecule has 1 aliphatic rings. The molecule has 3 heterocycles. The lowest BCUT2D eigenvalue weighted by molar-refractivity contribution is -0.124. The van der Waals surface area contributed by atoms with Crippen LogP contribution in [0.15, 0.2) is 11.5 Å². The Morgan fingerprint density at radius 2 is 2.13 bits per heavy atom. The van der Waals surface area contributed by atoms with Gasteiger partial charge in [-0.3, -0.25) is 9.36 Å². The molecule has 1 amide bonds. The number of nitrogens with zero attached hydrogens (tertiary/aromatic N) is 4. The van der Waals surface area contributed by atoms with Crippen molar-refractivity contribution >= 4 is 34.7 Å². The number of ether oxygens (including phenoxy) is 1. The van der Waals surface area contributed by atoms with E-state index in [1.54, 1.807) is 6.26 Å². The molecule has 0 spiro atoms. The van der Waals surface area contributed by atoms with Crippen molar-refractivity contribution in [2.45, 2.75) is 48.8 Å². The Morgan fingerprint density at radius 3 is 2.73 bits per heavy atom. The molecule has 1 saturated heterocycles. The van der Waals surface area contributed by atoms with Gasteiger partial charge in [-0.1, -0.05) is 11.8 Å².